The van der Waals surface area contributed by atoms with Gasteiger partial charge in [0.15, 0.2) is 0 Å². The first-order valence-electron chi connectivity index (χ1n) is 6.57. The van der Waals surface area contributed by atoms with Crippen LogP contribution in [0.2, 0.25) is 0 Å². The zero-order chi connectivity index (χ0) is 14.1. The molecule has 0 bridgehead atoms. The third-order valence-electron chi connectivity index (χ3n) is 3.33. The lowest BCUT2D eigenvalue weighted by molar-refractivity contribution is 0.477. The second-order valence-electron chi connectivity index (χ2n) is 4.97. The van der Waals surface area contributed by atoms with Crippen LogP contribution < -0.4 is 11.3 Å². The van der Waals surface area contributed by atoms with E-state index in [0.717, 1.165) is 33.7 Å². The third kappa shape index (κ3) is 2.31. The third-order valence-corrected chi connectivity index (χ3v) is 3.33. The Morgan fingerprint density at radius 3 is 2.45 bits per heavy atom. The van der Waals surface area contributed by atoms with Gasteiger partial charge in [0.2, 0.25) is 0 Å². The van der Waals surface area contributed by atoms with Crippen molar-refractivity contribution in [2.24, 2.45) is 5.84 Å². The molecule has 0 saturated heterocycles. The SMILES string of the molecule is Cc1cc(C(NN)c2cc3ccccc3o2)cc(C)n1. The molecular weight excluding hydrogens is 250 g/mol. The molecule has 4 nitrogen and oxygen atoms in total. The van der Waals surface area contributed by atoms with Gasteiger partial charge in [0.25, 0.3) is 0 Å². The van der Waals surface area contributed by atoms with Gasteiger partial charge >= 0.3 is 0 Å². The van der Waals surface area contributed by atoms with Crippen LogP contribution in [0.3, 0.4) is 0 Å². The zero-order valence-corrected chi connectivity index (χ0v) is 11.6. The summed E-state index contributed by atoms with van der Waals surface area (Å²) in [7, 11) is 0. The highest BCUT2D eigenvalue weighted by Crippen LogP contribution is 2.28. The van der Waals surface area contributed by atoms with Gasteiger partial charge in [-0.1, -0.05) is 18.2 Å². The minimum Gasteiger partial charge on any atom is -0.459 e. The lowest BCUT2D eigenvalue weighted by Gasteiger charge is -2.14. The molecule has 3 N–H and O–H groups in total. The van der Waals surface area contributed by atoms with Crippen molar-refractivity contribution in [3.05, 3.63) is 65.2 Å². The summed E-state index contributed by atoms with van der Waals surface area (Å²) in [6.45, 7) is 3.95. The maximum absolute atomic E-state index is 5.89. The average Bonchev–Trinajstić information content (AvgIpc) is 2.81. The van der Waals surface area contributed by atoms with Gasteiger partial charge in [-0.3, -0.25) is 10.8 Å². The molecule has 1 aromatic carbocycles. The Bertz CT molecular complexity index is 695. The summed E-state index contributed by atoms with van der Waals surface area (Å²) in [6, 6.07) is 13.8. The molecular formula is C16H17N3O. The van der Waals surface area contributed by atoms with Crippen LogP contribution in [0.1, 0.15) is 28.8 Å². The van der Waals surface area contributed by atoms with Gasteiger partial charge in [0.05, 0.1) is 0 Å². The summed E-state index contributed by atoms with van der Waals surface area (Å²) >= 11 is 0. The van der Waals surface area contributed by atoms with Crippen LogP contribution in [-0.2, 0) is 0 Å². The number of hydrogen-bond donors (Lipinski definition) is 2. The first-order valence-corrected chi connectivity index (χ1v) is 6.57. The van der Waals surface area contributed by atoms with Crippen molar-refractivity contribution >= 4 is 11.0 Å². The Hall–Kier alpha value is -2.17. The Morgan fingerprint density at radius 1 is 1.10 bits per heavy atom. The van der Waals surface area contributed by atoms with Gasteiger partial charge in [0.1, 0.15) is 17.4 Å². The summed E-state index contributed by atoms with van der Waals surface area (Å²) in [4.78, 5) is 4.39. The topological polar surface area (TPSA) is 64.1 Å². The molecule has 1 atom stereocenters. The van der Waals surface area contributed by atoms with E-state index < -0.39 is 0 Å². The van der Waals surface area contributed by atoms with E-state index in [1.165, 1.54) is 0 Å². The number of fused-ring (bicyclic) bond motifs is 1. The number of pyridine rings is 1. The molecule has 0 aliphatic rings. The monoisotopic (exact) mass is 267 g/mol. The van der Waals surface area contributed by atoms with Gasteiger partial charge in [-0.05, 0) is 43.7 Å². The van der Waals surface area contributed by atoms with Crippen LogP contribution in [0.5, 0.6) is 0 Å². The number of nitrogens with two attached hydrogens (primary N) is 1. The normalized spacial score (nSPS) is 12.8. The highest BCUT2D eigenvalue weighted by atomic mass is 16.3. The first-order chi connectivity index (χ1) is 9.67. The standard InChI is InChI=1S/C16H17N3O/c1-10-7-13(8-11(2)18-10)16(19-17)15-9-12-5-3-4-6-14(12)20-15/h3-9,16,19H,17H2,1-2H3. The summed E-state index contributed by atoms with van der Waals surface area (Å²) in [5.41, 5.74) is 6.68. The molecule has 0 aliphatic heterocycles. The largest absolute Gasteiger partial charge is 0.459 e. The van der Waals surface area contributed by atoms with E-state index in [9.17, 15) is 0 Å². The van der Waals surface area contributed by atoms with Crippen molar-refractivity contribution in [1.29, 1.82) is 0 Å². The van der Waals surface area contributed by atoms with E-state index >= 15 is 0 Å². The molecule has 0 amide bonds. The molecule has 0 saturated carbocycles. The molecule has 0 aliphatic carbocycles. The van der Waals surface area contributed by atoms with Gasteiger partial charge in [-0.2, -0.15) is 0 Å². The molecule has 3 aromatic rings. The molecule has 2 aromatic heterocycles. The number of para-hydroxylation sites is 1. The van der Waals surface area contributed by atoms with Crippen LogP contribution in [0.4, 0.5) is 0 Å². The fraction of sp³-hybridized carbons (Fsp3) is 0.188. The Kier molecular flexibility index (Phi) is 3.26. The molecule has 102 valence electrons. The Morgan fingerprint density at radius 2 is 1.80 bits per heavy atom. The molecule has 4 heteroatoms. The fourth-order valence-corrected chi connectivity index (χ4v) is 2.52. The molecule has 0 radical (unpaired) electrons. The predicted molar refractivity (Wildman–Crippen MR) is 79.1 cm³/mol. The first kappa shape index (κ1) is 12.8. The summed E-state index contributed by atoms with van der Waals surface area (Å²) in [5, 5.41) is 1.07. The minimum absolute atomic E-state index is 0.178. The van der Waals surface area contributed by atoms with Crippen LogP contribution >= 0.6 is 0 Å². The van der Waals surface area contributed by atoms with Gasteiger partial charge in [0, 0.05) is 16.8 Å². The van der Waals surface area contributed by atoms with Gasteiger partial charge in [-0.25, -0.2) is 5.43 Å². The van der Waals surface area contributed by atoms with Crippen molar-refractivity contribution in [3.63, 3.8) is 0 Å². The summed E-state index contributed by atoms with van der Waals surface area (Å²) < 4.78 is 5.89. The number of rotatable bonds is 3. The van der Waals surface area contributed by atoms with Crippen molar-refractivity contribution in [2.45, 2.75) is 19.9 Å². The van der Waals surface area contributed by atoms with E-state index in [0.29, 0.717) is 0 Å². The van der Waals surface area contributed by atoms with E-state index in [-0.39, 0.29) is 6.04 Å². The average molecular weight is 267 g/mol. The zero-order valence-electron chi connectivity index (χ0n) is 11.6. The molecule has 0 fully saturated rings. The lowest BCUT2D eigenvalue weighted by Crippen LogP contribution is -2.28. The van der Waals surface area contributed by atoms with Gasteiger partial charge < -0.3 is 4.42 Å². The van der Waals surface area contributed by atoms with E-state index in [1.807, 2.05) is 56.3 Å². The van der Waals surface area contributed by atoms with Gasteiger partial charge in [-0.15, -0.1) is 0 Å². The minimum atomic E-state index is -0.178. The number of nitrogens with zero attached hydrogens (tertiary/aromatic N) is 1. The van der Waals surface area contributed by atoms with E-state index in [4.69, 9.17) is 10.3 Å². The van der Waals surface area contributed by atoms with Crippen LogP contribution in [0, 0.1) is 13.8 Å². The van der Waals surface area contributed by atoms with Crippen molar-refractivity contribution in [3.8, 4) is 0 Å². The number of aromatic nitrogens is 1. The molecule has 20 heavy (non-hydrogen) atoms. The second-order valence-corrected chi connectivity index (χ2v) is 4.97. The van der Waals surface area contributed by atoms with E-state index in [2.05, 4.69) is 10.4 Å². The Balaban J connectivity index is 2.08. The second kappa shape index (κ2) is 5.07. The maximum Gasteiger partial charge on any atom is 0.134 e. The molecule has 2 heterocycles. The molecule has 1 unspecified atom stereocenters. The van der Waals surface area contributed by atoms with E-state index in [1.54, 1.807) is 0 Å². The van der Waals surface area contributed by atoms with Crippen LogP contribution in [0.25, 0.3) is 11.0 Å². The van der Waals surface area contributed by atoms with Crippen molar-refractivity contribution in [2.75, 3.05) is 0 Å². The highest BCUT2D eigenvalue weighted by Gasteiger charge is 2.18. The van der Waals surface area contributed by atoms with Crippen molar-refractivity contribution < 1.29 is 4.42 Å². The lowest BCUT2D eigenvalue weighted by atomic mass is 10.0. The Labute approximate surface area is 117 Å². The van der Waals surface area contributed by atoms with Crippen LogP contribution in [-0.4, -0.2) is 4.98 Å². The van der Waals surface area contributed by atoms with Crippen molar-refractivity contribution in [1.82, 2.24) is 10.4 Å². The smallest absolute Gasteiger partial charge is 0.134 e. The number of hydrazine groups is 1. The number of benzene rings is 1. The maximum atomic E-state index is 5.89. The number of hydrogen-bond acceptors (Lipinski definition) is 4. The molecule has 0 spiro atoms. The number of aryl methyl sites for hydroxylation is 2. The predicted octanol–water partition coefficient (Wildman–Crippen LogP) is 3.00. The molecule has 3 rings (SSSR count). The fourth-order valence-electron chi connectivity index (χ4n) is 2.52. The highest BCUT2D eigenvalue weighted by molar-refractivity contribution is 5.77. The summed E-state index contributed by atoms with van der Waals surface area (Å²) in [6.07, 6.45) is 0. The summed E-state index contributed by atoms with van der Waals surface area (Å²) in [5.74, 6) is 6.53. The quantitative estimate of drug-likeness (QED) is 0.565. The number of nitrogens with one attached hydrogen (secondary N) is 1. The number of furan rings is 1. The van der Waals surface area contributed by atoms with Crippen LogP contribution in [0.15, 0.2) is 46.9 Å².